The van der Waals surface area contributed by atoms with Crippen LogP contribution in [-0.2, 0) is 76.4 Å². The van der Waals surface area contributed by atoms with Gasteiger partial charge in [0.05, 0.1) is 37.3 Å². The van der Waals surface area contributed by atoms with E-state index in [1.54, 1.807) is 34.8 Å². The van der Waals surface area contributed by atoms with Gasteiger partial charge in [0.15, 0.2) is 18.0 Å². The van der Waals surface area contributed by atoms with Gasteiger partial charge < -0.3 is 48.4 Å². The summed E-state index contributed by atoms with van der Waals surface area (Å²) in [5, 5.41) is 23.0. The van der Waals surface area contributed by atoms with E-state index in [9.17, 15) is 53.4 Å². The molecule has 4 heterocycles. The zero-order valence-electron chi connectivity index (χ0n) is 47.9. The highest BCUT2D eigenvalue weighted by atomic mass is 16.7. The van der Waals surface area contributed by atoms with Crippen molar-refractivity contribution in [3.8, 4) is 0 Å². The van der Waals surface area contributed by atoms with Crippen molar-refractivity contribution in [2.24, 2.45) is 35.5 Å². The van der Waals surface area contributed by atoms with E-state index in [4.69, 9.17) is 33.3 Å². The third-order valence-corrected chi connectivity index (χ3v) is 16.4. The second-order valence-electron chi connectivity index (χ2n) is 22.6. The van der Waals surface area contributed by atoms with Crippen LogP contribution in [0.15, 0.2) is 47.6 Å². The fraction of sp³-hybridized carbons (Fsp3) is 0.712. The summed E-state index contributed by atoms with van der Waals surface area (Å²) in [6.45, 7) is 12.3. The summed E-state index contributed by atoms with van der Waals surface area (Å²) >= 11 is 0. The summed E-state index contributed by atoms with van der Waals surface area (Å²) in [4.78, 5) is 129. The normalized spacial score (nSPS) is 36.3. The minimum Gasteiger partial charge on any atom is -0.460 e. The second-order valence-corrected chi connectivity index (χ2v) is 22.6. The van der Waals surface area contributed by atoms with Crippen molar-refractivity contribution < 1.29 is 86.6 Å². The molecule has 440 valence electrons. The Kier molecular flexibility index (Phi) is 24.5. The van der Waals surface area contributed by atoms with Crippen molar-refractivity contribution in [1.82, 2.24) is 9.96 Å². The van der Waals surface area contributed by atoms with Crippen LogP contribution in [0.25, 0.3) is 0 Å². The molecule has 0 aromatic rings. The molecule has 0 radical (unpaired) electrons. The molecule has 0 spiro atoms. The summed E-state index contributed by atoms with van der Waals surface area (Å²) in [6, 6.07) is -1.23. The highest BCUT2D eigenvalue weighted by Gasteiger charge is 2.53. The van der Waals surface area contributed by atoms with Crippen LogP contribution in [0.4, 0.5) is 0 Å². The van der Waals surface area contributed by atoms with Gasteiger partial charge in [-0.3, -0.25) is 33.6 Å². The van der Waals surface area contributed by atoms with E-state index < -0.39 is 144 Å². The molecule has 0 aromatic carbocycles. The van der Waals surface area contributed by atoms with Crippen LogP contribution in [0.5, 0.6) is 0 Å². The van der Waals surface area contributed by atoms with Crippen LogP contribution in [-0.4, -0.2) is 156 Å². The Balaban J connectivity index is 1.51. The molecular weight excluding hydrogens is 1020 g/mol. The Bertz CT molecular complexity index is 2310. The number of methoxy groups -OCH3 is 3. The smallest absolute Gasteiger partial charge is 0.333 e. The zero-order valence-corrected chi connectivity index (χ0v) is 47.9. The number of carbonyl (C=O) groups is 9. The van der Waals surface area contributed by atoms with Gasteiger partial charge in [0.25, 0.3) is 23.5 Å². The number of aliphatic hydroxyl groups is 2. The van der Waals surface area contributed by atoms with E-state index in [0.717, 1.165) is 10.5 Å². The first-order valence-electron chi connectivity index (χ1n) is 28.2. The van der Waals surface area contributed by atoms with Gasteiger partial charge in [-0.1, -0.05) is 71.1 Å². The maximum atomic E-state index is 14.6. The Hall–Kier alpha value is -5.25. The Morgan fingerprint density at radius 1 is 0.797 bits per heavy atom. The number of allylic oxidation sites excluding steroid dienone is 6. The summed E-state index contributed by atoms with van der Waals surface area (Å²) in [7, 11) is 4.37. The molecule has 5 aliphatic rings. The number of ether oxygens (including phenoxy) is 6. The maximum absolute atomic E-state index is 14.6. The van der Waals surface area contributed by atoms with Crippen LogP contribution in [0.3, 0.4) is 0 Å². The topological polar surface area (TPSA) is 265 Å². The first-order chi connectivity index (χ1) is 37.4. The number of carbonyl (C=O) groups excluding carboxylic acids is 9. The highest BCUT2D eigenvalue weighted by molar-refractivity contribution is 6.39. The van der Waals surface area contributed by atoms with Crippen molar-refractivity contribution in [3.05, 3.63) is 47.6 Å². The minimum atomic E-state index is -2.49. The average molecular weight is 1110 g/mol. The van der Waals surface area contributed by atoms with Gasteiger partial charge in [0, 0.05) is 71.3 Å². The Morgan fingerprint density at radius 2 is 1.49 bits per heavy atom. The molecule has 20 heteroatoms. The lowest BCUT2D eigenvalue weighted by Crippen LogP contribution is -2.61. The van der Waals surface area contributed by atoms with Crippen molar-refractivity contribution in [3.63, 3.8) is 0 Å². The van der Waals surface area contributed by atoms with Gasteiger partial charge in [-0.05, 0) is 107 Å². The first-order valence-corrected chi connectivity index (χ1v) is 28.2. The van der Waals surface area contributed by atoms with Gasteiger partial charge in [-0.2, -0.15) is 0 Å². The van der Waals surface area contributed by atoms with E-state index in [-0.39, 0.29) is 56.1 Å². The largest absolute Gasteiger partial charge is 0.460 e. The highest BCUT2D eigenvalue weighted by Crippen LogP contribution is 2.38. The van der Waals surface area contributed by atoms with Gasteiger partial charge >= 0.3 is 17.9 Å². The van der Waals surface area contributed by atoms with Crippen LogP contribution in [0, 0.1) is 35.5 Å². The Labute approximate surface area is 464 Å². The quantitative estimate of drug-likeness (QED) is 0.102. The van der Waals surface area contributed by atoms with Crippen molar-refractivity contribution in [1.29, 1.82) is 0 Å². The molecule has 1 saturated carbocycles. The molecule has 0 aromatic heterocycles. The van der Waals surface area contributed by atoms with Gasteiger partial charge in [0.2, 0.25) is 5.79 Å². The molecule has 79 heavy (non-hydrogen) atoms. The number of amides is 3. The third kappa shape index (κ3) is 17.4. The second kappa shape index (κ2) is 30.0. The molecule has 15 atom stereocenters. The summed E-state index contributed by atoms with van der Waals surface area (Å²) in [5.74, 6) is -12.6. The molecule has 4 fully saturated rings. The molecule has 2 N–H and O–H groups in total. The number of rotatable bonds is 11. The molecule has 1 aliphatic carbocycles. The lowest BCUT2D eigenvalue weighted by Gasteiger charge is -2.42. The van der Waals surface area contributed by atoms with Crippen LogP contribution < -0.4 is 0 Å². The molecule has 5 rings (SSSR count). The SMILES string of the molecule is CO[C@H]1C[C@@H]2CC[C@@H](C)[C@@](O)(O2)C(=O)C(=O)N2CCCC[C@H]2C(=O)O[C@H]([C@H](C)C[C@@H]2CC[C@@H](O)[C@H](OC)C2)CC(=O)[C@H](C)/C=C(\C)[C@@H](OC(=O)CCC(=O)ON2C(=O)CCC2=O)[C@@H](OC)C(=O)[C@H](C)C[C@H](C)/C=C/C=C/C=C/1C. The summed E-state index contributed by atoms with van der Waals surface area (Å²) in [5.41, 5.74) is 1.09. The number of Topliss-reactive ketones (excluding diaryl/α,β-unsaturated/α-hetero) is 3. The number of piperidine rings is 1. The molecule has 3 saturated heterocycles. The predicted molar refractivity (Wildman–Crippen MR) is 285 cm³/mol. The fourth-order valence-electron chi connectivity index (χ4n) is 11.5. The summed E-state index contributed by atoms with van der Waals surface area (Å²) in [6.07, 6.45) is 7.91. The van der Waals surface area contributed by atoms with Crippen LogP contribution >= 0.6 is 0 Å². The van der Waals surface area contributed by atoms with Crippen LogP contribution in [0.1, 0.15) is 151 Å². The van der Waals surface area contributed by atoms with E-state index in [2.05, 4.69) is 0 Å². The number of cyclic esters (lactones) is 1. The summed E-state index contributed by atoms with van der Waals surface area (Å²) < 4.78 is 35.7. The molecule has 0 unspecified atom stereocenters. The standard InChI is InChI=1S/C59H86N2O18/c1-34-16-12-11-13-17-35(2)46(73-8)32-42-21-19-40(7)59(72,78-42)56(69)57(70)60-27-15-14-18-43(60)58(71)76-47(37(4)30-41-20-22-44(62)48(31-41)74-9)33-45(63)36(3)29-39(6)54(55(75-10)53(68)38(5)28-34)77-51(66)25-26-52(67)79-61-49(64)23-24-50(61)65/h11-13,16-17,29,34,36-38,40-44,46-48,54-55,62,72H,14-15,18-28,30-33H2,1-10H3/b13-11+,16-12+,35-17+,39-29+/t34-,36-,37-,38-,40-,41+,42+,43+,44-,46+,47+,48-,54-,55+,59-/m1/s1. The molecule has 4 aliphatic heterocycles. The molecule has 3 amide bonds. The maximum Gasteiger partial charge on any atom is 0.333 e. The monoisotopic (exact) mass is 1110 g/mol. The van der Waals surface area contributed by atoms with E-state index in [1.165, 1.54) is 20.3 Å². The molecular formula is C59H86N2O18. The Morgan fingerprint density at radius 3 is 2.16 bits per heavy atom. The first kappa shape index (κ1) is 64.6. The average Bonchev–Trinajstić information content (AvgIpc) is 3.84. The number of ketones is 3. The van der Waals surface area contributed by atoms with Gasteiger partial charge in [0.1, 0.15) is 17.9 Å². The van der Waals surface area contributed by atoms with Gasteiger partial charge in [-0.25, -0.2) is 9.59 Å². The van der Waals surface area contributed by atoms with Crippen molar-refractivity contribution >= 4 is 53.0 Å². The fourth-order valence-corrected chi connectivity index (χ4v) is 11.5. The zero-order chi connectivity index (χ0) is 58.3. The number of nitrogens with zero attached hydrogens (tertiary/aromatic N) is 2. The van der Waals surface area contributed by atoms with Crippen LogP contribution in [0.2, 0.25) is 0 Å². The van der Waals surface area contributed by atoms with E-state index in [1.807, 2.05) is 51.2 Å². The molecule has 2 bridgehead atoms. The predicted octanol–water partition coefficient (Wildman–Crippen LogP) is 6.12. The van der Waals surface area contributed by atoms with Gasteiger partial charge in [-0.15, -0.1) is 5.06 Å². The van der Waals surface area contributed by atoms with Crippen molar-refractivity contribution in [2.45, 2.75) is 206 Å². The number of esters is 2. The third-order valence-electron chi connectivity index (χ3n) is 16.4. The lowest BCUT2D eigenvalue weighted by atomic mass is 9.78. The van der Waals surface area contributed by atoms with E-state index >= 15 is 0 Å². The number of imide groups is 1. The number of aliphatic hydroxyl groups excluding tert-OH is 1. The number of hydrogen-bond donors (Lipinski definition) is 2. The molecule has 20 nitrogen and oxygen atoms in total. The minimum absolute atomic E-state index is 0.0266. The van der Waals surface area contributed by atoms with Crippen molar-refractivity contribution in [2.75, 3.05) is 27.9 Å². The number of hydrogen-bond acceptors (Lipinski definition) is 18. The number of hydroxylamine groups is 2. The van der Waals surface area contributed by atoms with E-state index in [0.29, 0.717) is 62.9 Å². The lowest BCUT2D eigenvalue weighted by molar-refractivity contribution is -0.265. The number of fused-ring (bicyclic) bond motifs is 3.